The summed E-state index contributed by atoms with van der Waals surface area (Å²) in [7, 11) is 2.92. The monoisotopic (exact) mass is 569 g/mol. The molecule has 11 heteroatoms. The van der Waals surface area contributed by atoms with Gasteiger partial charge in [0, 0.05) is 50.7 Å². The molecule has 0 unspecified atom stereocenters. The number of nitrogens with one attached hydrogen (secondary N) is 1. The number of carbonyl (C=O) groups excluding carboxylic acids is 1. The lowest BCUT2D eigenvalue weighted by Gasteiger charge is -2.29. The second-order valence-electron chi connectivity index (χ2n) is 10.7. The second-order valence-corrected chi connectivity index (χ2v) is 10.7. The predicted octanol–water partition coefficient (Wildman–Crippen LogP) is 3.73. The molecule has 1 fully saturated rings. The fraction of sp³-hybridized carbons (Fsp3) is 0.355. The average Bonchev–Trinajstić information content (AvgIpc) is 3.61. The maximum Gasteiger partial charge on any atom is 0.255 e. The third kappa shape index (κ3) is 5.64. The number of benzene rings is 2. The Balaban J connectivity index is 1.20. The molecular formula is C31H32FN7O3. The lowest BCUT2D eigenvalue weighted by atomic mass is 9.97. The van der Waals surface area contributed by atoms with Gasteiger partial charge in [-0.05, 0) is 54.2 Å². The first kappa shape index (κ1) is 27.6. The first-order valence-corrected chi connectivity index (χ1v) is 14.0. The molecule has 1 aliphatic carbocycles. The van der Waals surface area contributed by atoms with Gasteiger partial charge in [0.1, 0.15) is 11.8 Å². The zero-order valence-corrected chi connectivity index (χ0v) is 23.6. The summed E-state index contributed by atoms with van der Waals surface area (Å²) < 4.78 is 29.0. The summed E-state index contributed by atoms with van der Waals surface area (Å²) in [5, 5.41) is 20.8. The van der Waals surface area contributed by atoms with Crippen LogP contribution in [0.5, 0.6) is 5.75 Å². The highest BCUT2D eigenvalue weighted by Gasteiger charge is 2.31. The van der Waals surface area contributed by atoms with E-state index >= 15 is 4.39 Å². The van der Waals surface area contributed by atoms with Gasteiger partial charge in [-0.1, -0.05) is 18.2 Å². The SMILES string of the molecule is COCc1nn(Cc2ccc3c(c2)CCN(C2CC2)C3)cc1C(=O)NCc1c(-n2ccc(C#N)n2)ccc(OC)c1F. The molecule has 2 aromatic carbocycles. The quantitative estimate of drug-likeness (QED) is 0.310. The fourth-order valence-electron chi connectivity index (χ4n) is 5.55. The Kier molecular flexibility index (Phi) is 7.73. The van der Waals surface area contributed by atoms with Gasteiger partial charge in [0.15, 0.2) is 17.3 Å². The normalized spacial score (nSPS) is 14.8. The van der Waals surface area contributed by atoms with Crippen LogP contribution in [0.3, 0.4) is 0 Å². The summed E-state index contributed by atoms with van der Waals surface area (Å²) in [4.78, 5) is 16.0. The molecule has 10 nitrogen and oxygen atoms in total. The Morgan fingerprint density at radius 2 is 2.02 bits per heavy atom. The van der Waals surface area contributed by atoms with Crippen molar-refractivity contribution in [2.75, 3.05) is 20.8 Å². The molecule has 216 valence electrons. The Labute approximate surface area is 243 Å². The van der Waals surface area contributed by atoms with Crippen LogP contribution in [0.1, 0.15) is 56.8 Å². The minimum absolute atomic E-state index is 0.0360. The highest BCUT2D eigenvalue weighted by atomic mass is 19.1. The number of hydrogen-bond acceptors (Lipinski definition) is 7. The molecular weight excluding hydrogens is 537 g/mol. The lowest BCUT2D eigenvalue weighted by molar-refractivity contribution is 0.0945. The van der Waals surface area contributed by atoms with Crippen molar-refractivity contribution in [3.05, 3.63) is 93.8 Å². The van der Waals surface area contributed by atoms with E-state index < -0.39 is 11.7 Å². The number of fused-ring (bicyclic) bond motifs is 1. The van der Waals surface area contributed by atoms with Gasteiger partial charge >= 0.3 is 0 Å². The van der Waals surface area contributed by atoms with E-state index in [1.165, 1.54) is 47.9 Å². The number of hydrogen-bond donors (Lipinski definition) is 1. The number of carbonyl (C=O) groups is 1. The van der Waals surface area contributed by atoms with Gasteiger partial charge in [-0.25, -0.2) is 9.07 Å². The maximum absolute atomic E-state index is 15.4. The van der Waals surface area contributed by atoms with Gasteiger partial charge in [0.25, 0.3) is 5.91 Å². The molecule has 4 aromatic rings. The zero-order valence-electron chi connectivity index (χ0n) is 23.6. The number of halogens is 1. The Bertz CT molecular complexity index is 1670. The van der Waals surface area contributed by atoms with E-state index in [9.17, 15) is 4.79 Å². The van der Waals surface area contributed by atoms with Crippen molar-refractivity contribution in [1.82, 2.24) is 29.8 Å². The Hall–Kier alpha value is -4.53. The number of nitriles is 1. The first-order chi connectivity index (χ1) is 20.5. The molecule has 0 bridgehead atoms. The standard InChI is InChI=1S/C31H32FN7O3/c1-41-19-27-26(18-38(36-27)16-20-3-4-22-17-37(24-5-6-24)11-9-21(22)13-20)31(40)34-15-25-28(7-8-29(42-2)30(25)32)39-12-10-23(14-33)35-39/h3-4,7-8,10,12-13,18,24H,5-6,9,11,15-17,19H2,1-2H3,(H,34,40). The minimum Gasteiger partial charge on any atom is -0.494 e. The van der Waals surface area contributed by atoms with Crippen LogP contribution in [0, 0.1) is 17.1 Å². The highest BCUT2D eigenvalue weighted by Crippen LogP contribution is 2.32. The predicted molar refractivity (Wildman–Crippen MR) is 152 cm³/mol. The smallest absolute Gasteiger partial charge is 0.255 e. The zero-order chi connectivity index (χ0) is 29.2. The average molecular weight is 570 g/mol. The molecule has 42 heavy (non-hydrogen) atoms. The van der Waals surface area contributed by atoms with Crippen molar-refractivity contribution < 1.29 is 18.7 Å². The van der Waals surface area contributed by atoms with Gasteiger partial charge in [-0.15, -0.1) is 0 Å². The van der Waals surface area contributed by atoms with Crippen molar-refractivity contribution in [3.63, 3.8) is 0 Å². The van der Waals surface area contributed by atoms with Crippen molar-refractivity contribution in [2.45, 2.75) is 51.5 Å². The van der Waals surface area contributed by atoms with Crippen molar-refractivity contribution in [1.29, 1.82) is 5.26 Å². The molecule has 1 aliphatic heterocycles. The van der Waals surface area contributed by atoms with Gasteiger partial charge in [-0.2, -0.15) is 15.5 Å². The molecule has 0 atom stereocenters. The molecule has 3 heterocycles. The lowest BCUT2D eigenvalue weighted by Crippen LogP contribution is -2.32. The molecule has 1 N–H and O–H groups in total. The van der Waals surface area contributed by atoms with E-state index in [2.05, 4.69) is 38.6 Å². The van der Waals surface area contributed by atoms with E-state index in [1.54, 1.807) is 30.3 Å². The van der Waals surface area contributed by atoms with E-state index in [1.807, 2.05) is 6.07 Å². The van der Waals surface area contributed by atoms with Crippen molar-refractivity contribution in [2.24, 2.45) is 0 Å². The number of methoxy groups -OCH3 is 2. The maximum atomic E-state index is 15.4. The van der Waals surface area contributed by atoms with Crippen LogP contribution in [0.25, 0.3) is 5.69 Å². The van der Waals surface area contributed by atoms with E-state index in [0.717, 1.165) is 31.1 Å². The number of nitrogens with zero attached hydrogens (tertiary/aromatic N) is 6. The Morgan fingerprint density at radius 1 is 1.17 bits per heavy atom. The molecule has 0 radical (unpaired) electrons. The van der Waals surface area contributed by atoms with Gasteiger partial charge in [-0.3, -0.25) is 14.4 Å². The first-order valence-electron chi connectivity index (χ1n) is 14.0. The molecule has 2 aliphatic rings. The summed E-state index contributed by atoms with van der Waals surface area (Å²) >= 11 is 0. The topological polar surface area (TPSA) is 110 Å². The Morgan fingerprint density at radius 3 is 2.76 bits per heavy atom. The number of aromatic nitrogens is 4. The number of rotatable bonds is 10. The van der Waals surface area contributed by atoms with Crippen LogP contribution < -0.4 is 10.1 Å². The van der Waals surface area contributed by atoms with Crippen LogP contribution in [0.15, 0.2) is 48.8 Å². The third-order valence-corrected chi connectivity index (χ3v) is 7.86. The van der Waals surface area contributed by atoms with Crippen LogP contribution in [-0.2, 0) is 37.4 Å². The van der Waals surface area contributed by atoms with Gasteiger partial charge < -0.3 is 14.8 Å². The number of amides is 1. The number of ether oxygens (including phenoxy) is 2. The molecule has 0 spiro atoms. The molecule has 0 saturated heterocycles. The fourth-order valence-corrected chi connectivity index (χ4v) is 5.55. The van der Waals surface area contributed by atoms with Crippen molar-refractivity contribution >= 4 is 5.91 Å². The van der Waals surface area contributed by atoms with Crippen LogP contribution in [-0.4, -0.2) is 57.2 Å². The third-order valence-electron chi connectivity index (χ3n) is 7.86. The van der Waals surface area contributed by atoms with Crippen LogP contribution in [0.4, 0.5) is 4.39 Å². The second kappa shape index (κ2) is 11.8. The van der Waals surface area contributed by atoms with Gasteiger partial charge in [0.05, 0.1) is 31.5 Å². The van der Waals surface area contributed by atoms with E-state index in [0.29, 0.717) is 23.5 Å². The summed E-state index contributed by atoms with van der Waals surface area (Å²) in [6.07, 6.45) is 6.94. The van der Waals surface area contributed by atoms with Crippen molar-refractivity contribution in [3.8, 4) is 17.5 Å². The van der Waals surface area contributed by atoms with E-state index in [4.69, 9.17) is 14.7 Å². The summed E-state index contributed by atoms with van der Waals surface area (Å²) in [5.74, 6) is -0.996. The molecule has 1 saturated carbocycles. The van der Waals surface area contributed by atoms with E-state index in [-0.39, 0.29) is 30.2 Å². The minimum atomic E-state index is -0.621. The molecule has 2 aromatic heterocycles. The molecule has 6 rings (SSSR count). The van der Waals surface area contributed by atoms with Crippen LogP contribution >= 0.6 is 0 Å². The molecule has 1 amide bonds. The summed E-state index contributed by atoms with van der Waals surface area (Å²) in [6.45, 7) is 2.64. The van der Waals surface area contributed by atoms with Crippen LogP contribution in [0.2, 0.25) is 0 Å². The summed E-state index contributed by atoms with van der Waals surface area (Å²) in [6, 6.07) is 14.0. The largest absolute Gasteiger partial charge is 0.494 e. The highest BCUT2D eigenvalue weighted by molar-refractivity contribution is 5.95. The van der Waals surface area contributed by atoms with Gasteiger partial charge in [0.2, 0.25) is 0 Å². The summed E-state index contributed by atoms with van der Waals surface area (Å²) in [5.41, 5.74) is 5.47.